The number of carbonyl (C=O) groups excluding carboxylic acids is 1. The number of hydrogen-bond donors (Lipinski definition) is 1. The van der Waals surface area contributed by atoms with E-state index in [4.69, 9.17) is 4.74 Å². The van der Waals surface area contributed by atoms with Gasteiger partial charge in [-0.25, -0.2) is 8.42 Å². The van der Waals surface area contributed by atoms with Crippen molar-refractivity contribution in [2.45, 2.75) is 23.6 Å². The summed E-state index contributed by atoms with van der Waals surface area (Å²) >= 11 is 1.56. The van der Waals surface area contributed by atoms with Gasteiger partial charge in [-0.3, -0.25) is 9.10 Å². The minimum Gasteiger partial charge on any atom is -0.495 e. The number of carbonyl (C=O) groups is 1. The van der Waals surface area contributed by atoms with Crippen LogP contribution in [0.3, 0.4) is 0 Å². The predicted molar refractivity (Wildman–Crippen MR) is 130 cm³/mol. The molecule has 8 heteroatoms. The molecule has 0 fully saturated rings. The van der Waals surface area contributed by atoms with E-state index in [2.05, 4.69) is 5.32 Å². The third-order valence-corrected chi connectivity index (χ3v) is 7.34. The van der Waals surface area contributed by atoms with E-state index in [0.717, 1.165) is 20.3 Å². The standard InChI is InChI=1S/C24H26N2O4S2/c1-17-7-5-9-20(13-17)26(16-24(27)25-19-8-6-10-21(15-19)31-4)32(28,29)23-14-18(2)11-12-22(23)30-3/h5-15H,16H2,1-4H3,(H,25,27). The molecule has 0 atom stereocenters. The Morgan fingerprint density at radius 1 is 1.00 bits per heavy atom. The van der Waals surface area contributed by atoms with Gasteiger partial charge in [-0.15, -0.1) is 11.8 Å². The van der Waals surface area contributed by atoms with Crippen LogP contribution in [-0.4, -0.2) is 34.2 Å². The van der Waals surface area contributed by atoms with Gasteiger partial charge in [0, 0.05) is 10.6 Å². The lowest BCUT2D eigenvalue weighted by molar-refractivity contribution is -0.114. The van der Waals surface area contributed by atoms with Crippen LogP contribution in [0.5, 0.6) is 5.75 Å². The number of anilines is 2. The van der Waals surface area contributed by atoms with Crippen molar-refractivity contribution < 1.29 is 17.9 Å². The maximum absolute atomic E-state index is 13.7. The first-order chi connectivity index (χ1) is 15.2. The number of ether oxygens (including phenoxy) is 1. The minimum absolute atomic E-state index is 0.0127. The van der Waals surface area contributed by atoms with Gasteiger partial charge in [-0.2, -0.15) is 0 Å². The third-order valence-electron chi connectivity index (χ3n) is 4.82. The molecule has 0 aromatic heterocycles. The van der Waals surface area contributed by atoms with E-state index in [1.165, 1.54) is 7.11 Å². The van der Waals surface area contributed by atoms with E-state index in [1.54, 1.807) is 61.2 Å². The fraction of sp³-hybridized carbons (Fsp3) is 0.208. The first-order valence-electron chi connectivity index (χ1n) is 9.92. The lowest BCUT2D eigenvalue weighted by Gasteiger charge is -2.25. The van der Waals surface area contributed by atoms with Gasteiger partial charge >= 0.3 is 0 Å². The van der Waals surface area contributed by atoms with Gasteiger partial charge in [0.25, 0.3) is 10.0 Å². The number of aryl methyl sites for hydroxylation is 2. The minimum atomic E-state index is -4.09. The summed E-state index contributed by atoms with van der Waals surface area (Å²) < 4.78 is 33.9. The van der Waals surface area contributed by atoms with E-state index in [1.807, 2.05) is 37.4 Å². The number of benzene rings is 3. The molecule has 1 amide bonds. The summed E-state index contributed by atoms with van der Waals surface area (Å²) in [6, 6.07) is 19.4. The van der Waals surface area contributed by atoms with Crippen LogP contribution in [0.25, 0.3) is 0 Å². The Balaban J connectivity index is 2.01. The second-order valence-corrected chi connectivity index (χ2v) is 10.00. The first kappa shape index (κ1) is 23.7. The zero-order valence-corrected chi connectivity index (χ0v) is 20.1. The van der Waals surface area contributed by atoms with Gasteiger partial charge in [0.15, 0.2) is 0 Å². The molecule has 3 rings (SSSR count). The molecule has 0 radical (unpaired) electrons. The molecule has 168 valence electrons. The molecule has 0 bridgehead atoms. The zero-order chi connectivity index (χ0) is 23.3. The summed E-state index contributed by atoms with van der Waals surface area (Å²) in [7, 11) is -2.67. The average molecular weight is 471 g/mol. The highest BCUT2D eigenvalue weighted by Crippen LogP contribution is 2.31. The highest BCUT2D eigenvalue weighted by Gasteiger charge is 2.30. The maximum atomic E-state index is 13.7. The molecule has 1 N–H and O–H groups in total. The molecular weight excluding hydrogens is 444 g/mol. The number of rotatable bonds is 8. The Kier molecular flexibility index (Phi) is 7.48. The SMILES string of the molecule is COc1ccc(C)cc1S(=O)(=O)N(CC(=O)Nc1cccc(SC)c1)c1cccc(C)c1. The van der Waals surface area contributed by atoms with Gasteiger partial charge in [-0.1, -0.05) is 24.3 Å². The van der Waals surface area contributed by atoms with Crippen molar-refractivity contribution in [1.82, 2.24) is 0 Å². The fourth-order valence-electron chi connectivity index (χ4n) is 3.23. The van der Waals surface area contributed by atoms with E-state index < -0.39 is 15.9 Å². The number of thioether (sulfide) groups is 1. The molecule has 0 aliphatic rings. The van der Waals surface area contributed by atoms with E-state index in [0.29, 0.717) is 11.4 Å². The van der Waals surface area contributed by atoms with E-state index in [9.17, 15) is 13.2 Å². The molecule has 0 saturated carbocycles. The smallest absolute Gasteiger partial charge is 0.268 e. The largest absolute Gasteiger partial charge is 0.495 e. The normalized spacial score (nSPS) is 11.1. The summed E-state index contributed by atoms with van der Waals surface area (Å²) in [5.41, 5.74) is 2.66. The van der Waals surface area contributed by atoms with Gasteiger partial charge in [-0.05, 0) is 73.7 Å². The lowest BCUT2D eigenvalue weighted by Crippen LogP contribution is -2.38. The van der Waals surface area contributed by atoms with Crippen LogP contribution < -0.4 is 14.4 Å². The second-order valence-electron chi connectivity index (χ2n) is 7.29. The average Bonchev–Trinajstić information content (AvgIpc) is 2.77. The number of nitrogens with one attached hydrogen (secondary N) is 1. The molecule has 0 aliphatic heterocycles. The molecule has 32 heavy (non-hydrogen) atoms. The van der Waals surface area contributed by atoms with Crippen molar-refractivity contribution >= 4 is 39.1 Å². The van der Waals surface area contributed by atoms with Gasteiger partial charge in [0.1, 0.15) is 17.2 Å². The van der Waals surface area contributed by atoms with E-state index >= 15 is 0 Å². The summed E-state index contributed by atoms with van der Waals surface area (Å²) in [6.07, 6.45) is 1.95. The van der Waals surface area contributed by atoms with Crippen LogP contribution in [0.4, 0.5) is 11.4 Å². The molecule has 3 aromatic rings. The second kappa shape index (κ2) is 10.1. The van der Waals surface area contributed by atoms with Gasteiger partial charge in [0.05, 0.1) is 12.8 Å². The molecule has 0 spiro atoms. The first-order valence-corrected chi connectivity index (χ1v) is 12.6. The van der Waals surface area contributed by atoms with Crippen LogP contribution in [0, 0.1) is 13.8 Å². The fourth-order valence-corrected chi connectivity index (χ4v) is 5.35. The van der Waals surface area contributed by atoms with Crippen LogP contribution in [0.2, 0.25) is 0 Å². The third kappa shape index (κ3) is 5.44. The quantitative estimate of drug-likeness (QED) is 0.476. The van der Waals surface area contributed by atoms with Crippen molar-refractivity contribution in [1.29, 1.82) is 0 Å². The molecule has 3 aromatic carbocycles. The number of methoxy groups -OCH3 is 1. The monoisotopic (exact) mass is 470 g/mol. The zero-order valence-electron chi connectivity index (χ0n) is 18.5. The molecular formula is C24H26N2O4S2. The molecule has 0 unspecified atom stereocenters. The lowest BCUT2D eigenvalue weighted by atomic mass is 10.2. The Labute approximate surface area is 193 Å². The Morgan fingerprint density at radius 3 is 2.41 bits per heavy atom. The van der Waals surface area contributed by atoms with Crippen molar-refractivity contribution in [3.63, 3.8) is 0 Å². The molecule has 0 aliphatic carbocycles. The van der Waals surface area contributed by atoms with E-state index in [-0.39, 0.29) is 17.2 Å². The van der Waals surface area contributed by atoms with Crippen LogP contribution >= 0.6 is 11.8 Å². The highest BCUT2D eigenvalue weighted by molar-refractivity contribution is 7.98. The topological polar surface area (TPSA) is 75.7 Å². The van der Waals surface area contributed by atoms with Crippen molar-refractivity contribution in [2.24, 2.45) is 0 Å². The number of nitrogens with zero attached hydrogens (tertiary/aromatic N) is 1. The Hall–Kier alpha value is -2.97. The highest BCUT2D eigenvalue weighted by atomic mass is 32.2. The summed E-state index contributed by atoms with van der Waals surface area (Å²) in [5, 5.41) is 2.81. The van der Waals surface area contributed by atoms with Crippen molar-refractivity contribution in [3.05, 3.63) is 77.9 Å². The van der Waals surface area contributed by atoms with Gasteiger partial charge < -0.3 is 10.1 Å². The Morgan fingerprint density at radius 2 is 1.72 bits per heavy atom. The summed E-state index contributed by atoms with van der Waals surface area (Å²) in [6.45, 7) is 3.29. The summed E-state index contributed by atoms with van der Waals surface area (Å²) in [4.78, 5) is 13.9. The number of hydrogen-bond acceptors (Lipinski definition) is 5. The molecule has 0 heterocycles. The predicted octanol–water partition coefficient (Wildman–Crippen LogP) is 4.87. The van der Waals surface area contributed by atoms with Crippen LogP contribution in [0.15, 0.2) is 76.5 Å². The van der Waals surface area contributed by atoms with Gasteiger partial charge in [0.2, 0.25) is 5.91 Å². The maximum Gasteiger partial charge on any atom is 0.268 e. The van der Waals surface area contributed by atoms with Crippen molar-refractivity contribution in [2.75, 3.05) is 29.5 Å². The molecule has 6 nitrogen and oxygen atoms in total. The number of amides is 1. The van der Waals surface area contributed by atoms with Crippen molar-refractivity contribution in [3.8, 4) is 5.75 Å². The summed E-state index contributed by atoms with van der Waals surface area (Å²) in [5.74, 6) is -0.221. The number of sulfonamides is 1. The molecule has 0 saturated heterocycles. The van der Waals surface area contributed by atoms with Crippen LogP contribution in [0.1, 0.15) is 11.1 Å². The Bertz CT molecular complexity index is 1230. The van der Waals surface area contributed by atoms with Crippen LogP contribution in [-0.2, 0) is 14.8 Å².